The molecule has 1 fully saturated rings. The molecule has 2 aromatic rings. The van der Waals surface area contributed by atoms with Gasteiger partial charge in [0.25, 0.3) is 0 Å². The van der Waals surface area contributed by atoms with Crippen molar-refractivity contribution in [1.29, 1.82) is 0 Å². The molecule has 1 heterocycles. The van der Waals surface area contributed by atoms with Crippen LogP contribution in [0.4, 0.5) is 8.78 Å². The molecule has 5 nitrogen and oxygen atoms in total. The average molecular weight is 416 g/mol. The molecule has 0 spiro atoms. The smallest absolute Gasteiger partial charge is 0.220 e. The molecule has 2 atom stereocenters. The van der Waals surface area contributed by atoms with Gasteiger partial charge >= 0.3 is 0 Å². The Morgan fingerprint density at radius 1 is 1.23 bits per heavy atom. The molecule has 2 N–H and O–H groups in total. The summed E-state index contributed by atoms with van der Waals surface area (Å²) in [4.78, 5) is 24.4. The first-order valence-electron chi connectivity index (χ1n) is 9.98. The number of hydrogen-bond acceptors (Lipinski definition) is 3. The first kappa shape index (κ1) is 21.7. The number of carbonyl (C=O) groups excluding carboxylic acids is 2. The van der Waals surface area contributed by atoms with Crippen LogP contribution >= 0.6 is 0 Å². The highest BCUT2D eigenvalue weighted by Crippen LogP contribution is 2.31. The molecule has 2 aromatic carbocycles. The molecular formula is C23H26F2N2O3. The summed E-state index contributed by atoms with van der Waals surface area (Å²) in [5.41, 5.74) is 0.607. The van der Waals surface area contributed by atoms with E-state index in [4.69, 9.17) is 4.74 Å². The van der Waals surface area contributed by atoms with Crippen molar-refractivity contribution in [3.05, 3.63) is 65.2 Å². The summed E-state index contributed by atoms with van der Waals surface area (Å²) in [7, 11) is 1.47. The van der Waals surface area contributed by atoms with E-state index >= 15 is 0 Å². The maximum absolute atomic E-state index is 14.4. The number of rotatable bonds is 8. The van der Waals surface area contributed by atoms with Crippen LogP contribution in [0, 0.1) is 11.6 Å². The number of methoxy groups -OCH3 is 1. The highest BCUT2D eigenvalue weighted by molar-refractivity contribution is 5.80. The van der Waals surface area contributed by atoms with Gasteiger partial charge in [0.1, 0.15) is 17.4 Å². The van der Waals surface area contributed by atoms with Crippen molar-refractivity contribution in [2.45, 2.75) is 50.6 Å². The SMILES string of the molecule is COc1ccc(C[C@@]2(CCC(=O)N[C@H](C)c3ccc(F)cc3)CCC(=O)N2)c(F)c1. The number of amides is 2. The Hall–Kier alpha value is -2.96. The van der Waals surface area contributed by atoms with Gasteiger partial charge in [-0.05, 0) is 55.5 Å². The van der Waals surface area contributed by atoms with Crippen molar-refractivity contribution >= 4 is 11.8 Å². The minimum absolute atomic E-state index is 0.0935. The van der Waals surface area contributed by atoms with E-state index in [0.29, 0.717) is 37.0 Å². The molecule has 0 aromatic heterocycles. The normalized spacial score (nSPS) is 19.3. The van der Waals surface area contributed by atoms with E-state index in [-0.39, 0.29) is 30.1 Å². The van der Waals surface area contributed by atoms with Crippen molar-refractivity contribution < 1.29 is 23.1 Å². The molecular weight excluding hydrogens is 390 g/mol. The van der Waals surface area contributed by atoms with Crippen molar-refractivity contribution in [2.75, 3.05) is 7.11 Å². The fourth-order valence-electron chi connectivity index (χ4n) is 3.85. The summed E-state index contributed by atoms with van der Waals surface area (Å²) in [6.07, 6.45) is 1.77. The summed E-state index contributed by atoms with van der Waals surface area (Å²) in [6.45, 7) is 1.82. The minimum atomic E-state index is -0.664. The first-order valence-corrected chi connectivity index (χ1v) is 9.98. The zero-order valence-electron chi connectivity index (χ0n) is 17.1. The summed E-state index contributed by atoms with van der Waals surface area (Å²) in [6, 6.07) is 10.3. The van der Waals surface area contributed by atoms with Gasteiger partial charge in [0.2, 0.25) is 11.8 Å². The van der Waals surface area contributed by atoms with Crippen LogP contribution in [0.2, 0.25) is 0 Å². The van der Waals surface area contributed by atoms with Gasteiger partial charge in [0, 0.05) is 24.4 Å². The standard InChI is InChI=1S/C23H26F2N2O3/c1-15(16-3-6-18(24)7-4-16)26-21(28)9-11-23(12-10-22(29)27-23)14-17-5-8-19(30-2)13-20(17)25/h3-8,13,15H,9-12,14H2,1-2H3,(H,26,28)(H,27,29)/t15-,23-/m1/s1. The zero-order valence-corrected chi connectivity index (χ0v) is 17.1. The molecule has 0 bridgehead atoms. The summed E-state index contributed by atoms with van der Waals surface area (Å²) < 4.78 is 32.6. The van der Waals surface area contributed by atoms with Gasteiger partial charge in [0.05, 0.1) is 13.2 Å². The topological polar surface area (TPSA) is 67.4 Å². The number of benzene rings is 2. The van der Waals surface area contributed by atoms with Crippen molar-refractivity contribution in [1.82, 2.24) is 10.6 Å². The molecule has 3 rings (SSSR count). The van der Waals surface area contributed by atoms with Crippen LogP contribution in [0.1, 0.15) is 49.8 Å². The van der Waals surface area contributed by atoms with E-state index in [1.165, 1.54) is 25.3 Å². The van der Waals surface area contributed by atoms with Crippen LogP contribution in [0.25, 0.3) is 0 Å². The maximum atomic E-state index is 14.4. The molecule has 1 saturated heterocycles. The Bertz CT molecular complexity index is 917. The lowest BCUT2D eigenvalue weighted by Crippen LogP contribution is -2.44. The number of ether oxygens (including phenoxy) is 1. The molecule has 0 unspecified atom stereocenters. The van der Waals surface area contributed by atoms with Crippen molar-refractivity contribution in [2.24, 2.45) is 0 Å². The minimum Gasteiger partial charge on any atom is -0.497 e. The molecule has 30 heavy (non-hydrogen) atoms. The molecule has 1 aliphatic heterocycles. The molecule has 160 valence electrons. The van der Waals surface area contributed by atoms with Gasteiger partial charge in [-0.25, -0.2) is 8.78 Å². The maximum Gasteiger partial charge on any atom is 0.220 e. The van der Waals surface area contributed by atoms with E-state index in [1.54, 1.807) is 24.3 Å². The Kier molecular flexibility index (Phi) is 6.70. The Morgan fingerprint density at radius 3 is 2.57 bits per heavy atom. The average Bonchev–Trinajstić information content (AvgIpc) is 3.09. The van der Waals surface area contributed by atoms with Gasteiger partial charge in [0.15, 0.2) is 0 Å². The van der Waals surface area contributed by atoms with E-state index in [1.807, 2.05) is 6.92 Å². The van der Waals surface area contributed by atoms with E-state index in [2.05, 4.69) is 10.6 Å². The van der Waals surface area contributed by atoms with Gasteiger partial charge in [-0.15, -0.1) is 0 Å². The Morgan fingerprint density at radius 2 is 1.97 bits per heavy atom. The third kappa shape index (κ3) is 5.34. The second-order valence-corrected chi connectivity index (χ2v) is 7.80. The highest BCUT2D eigenvalue weighted by atomic mass is 19.1. The zero-order chi connectivity index (χ0) is 21.7. The molecule has 7 heteroatoms. The second-order valence-electron chi connectivity index (χ2n) is 7.80. The Labute approximate surface area is 174 Å². The second kappa shape index (κ2) is 9.24. The quantitative estimate of drug-likeness (QED) is 0.688. The van der Waals surface area contributed by atoms with Crippen LogP contribution in [0.5, 0.6) is 5.75 Å². The molecule has 1 aliphatic rings. The lowest BCUT2D eigenvalue weighted by atomic mass is 9.84. The van der Waals surface area contributed by atoms with E-state index in [0.717, 1.165) is 5.56 Å². The Balaban J connectivity index is 1.64. The fraction of sp³-hybridized carbons (Fsp3) is 0.391. The van der Waals surface area contributed by atoms with Crippen molar-refractivity contribution in [3.8, 4) is 5.75 Å². The molecule has 0 radical (unpaired) electrons. The van der Waals surface area contributed by atoms with E-state index < -0.39 is 11.4 Å². The predicted molar refractivity (Wildman–Crippen MR) is 109 cm³/mol. The van der Waals surface area contributed by atoms with Gasteiger partial charge in [-0.3, -0.25) is 9.59 Å². The summed E-state index contributed by atoms with van der Waals surface area (Å²) in [5, 5.41) is 5.85. The number of hydrogen-bond donors (Lipinski definition) is 2. The first-order chi connectivity index (χ1) is 14.3. The van der Waals surface area contributed by atoms with Crippen LogP contribution in [0.3, 0.4) is 0 Å². The predicted octanol–water partition coefficient (Wildman–Crippen LogP) is 3.82. The van der Waals surface area contributed by atoms with Gasteiger partial charge in [-0.1, -0.05) is 18.2 Å². The monoisotopic (exact) mass is 416 g/mol. The van der Waals surface area contributed by atoms with Crippen LogP contribution < -0.4 is 15.4 Å². The highest BCUT2D eigenvalue weighted by Gasteiger charge is 2.38. The molecule has 2 amide bonds. The fourth-order valence-corrected chi connectivity index (χ4v) is 3.85. The van der Waals surface area contributed by atoms with E-state index in [9.17, 15) is 18.4 Å². The number of halogens is 2. The van der Waals surface area contributed by atoms with Gasteiger partial charge < -0.3 is 15.4 Å². The largest absolute Gasteiger partial charge is 0.497 e. The summed E-state index contributed by atoms with van der Waals surface area (Å²) >= 11 is 0. The van der Waals surface area contributed by atoms with Crippen molar-refractivity contribution in [3.63, 3.8) is 0 Å². The third-order valence-corrected chi connectivity index (χ3v) is 5.60. The lowest BCUT2D eigenvalue weighted by molar-refractivity contribution is -0.123. The van der Waals surface area contributed by atoms with Crippen LogP contribution in [-0.2, 0) is 16.0 Å². The third-order valence-electron chi connectivity index (χ3n) is 5.60. The number of nitrogens with one attached hydrogen (secondary N) is 2. The van der Waals surface area contributed by atoms with Gasteiger partial charge in [-0.2, -0.15) is 0 Å². The number of carbonyl (C=O) groups is 2. The lowest BCUT2D eigenvalue weighted by Gasteiger charge is -2.30. The molecule has 0 saturated carbocycles. The van der Waals surface area contributed by atoms with Crippen LogP contribution in [0.15, 0.2) is 42.5 Å². The van der Waals surface area contributed by atoms with Crippen LogP contribution in [-0.4, -0.2) is 24.5 Å². The summed E-state index contributed by atoms with van der Waals surface area (Å²) in [5.74, 6) is -0.576. The molecule has 0 aliphatic carbocycles.